The zero-order chi connectivity index (χ0) is 7.49. The Kier molecular flexibility index (Phi) is 2.91. The van der Waals surface area contributed by atoms with E-state index in [4.69, 9.17) is 0 Å². The maximum atomic E-state index is 11.3. The van der Waals surface area contributed by atoms with Crippen LogP contribution < -0.4 is 0 Å². The SMILES string of the molecule is C=CS(=O)(=NC)C(C)C. The molecular weight excluding hydrogens is 134 g/mol. The van der Waals surface area contributed by atoms with Crippen LogP contribution in [-0.2, 0) is 9.73 Å². The van der Waals surface area contributed by atoms with E-state index < -0.39 is 9.73 Å². The molecule has 0 aliphatic rings. The first-order chi connectivity index (χ1) is 4.06. The van der Waals surface area contributed by atoms with Gasteiger partial charge in [-0.3, -0.25) is 0 Å². The molecule has 0 aliphatic heterocycles. The second kappa shape index (κ2) is 3.01. The fraction of sp³-hybridized carbons (Fsp3) is 0.667. The van der Waals surface area contributed by atoms with Crippen LogP contribution in [0.25, 0.3) is 0 Å². The van der Waals surface area contributed by atoms with E-state index in [1.54, 1.807) is 7.05 Å². The van der Waals surface area contributed by atoms with Crippen molar-refractivity contribution in [2.24, 2.45) is 4.36 Å². The van der Waals surface area contributed by atoms with Gasteiger partial charge in [0.1, 0.15) is 0 Å². The summed E-state index contributed by atoms with van der Waals surface area (Å²) in [6.45, 7) is 7.20. The molecule has 0 spiro atoms. The minimum atomic E-state index is -2.09. The second-order valence-electron chi connectivity index (χ2n) is 2.01. The molecule has 0 aliphatic carbocycles. The van der Waals surface area contributed by atoms with Gasteiger partial charge in [-0.15, -0.1) is 0 Å². The van der Waals surface area contributed by atoms with Crippen LogP contribution >= 0.6 is 0 Å². The van der Waals surface area contributed by atoms with E-state index in [0.29, 0.717) is 0 Å². The van der Waals surface area contributed by atoms with Crippen molar-refractivity contribution in [1.29, 1.82) is 0 Å². The van der Waals surface area contributed by atoms with Crippen LogP contribution in [0.2, 0.25) is 0 Å². The van der Waals surface area contributed by atoms with E-state index in [1.165, 1.54) is 5.41 Å². The van der Waals surface area contributed by atoms with Crippen LogP contribution in [0.15, 0.2) is 16.3 Å². The average molecular weight is 147 g/mol. The summed E-state index contributed by atoms with van der Waals surface area (Å²) in [7, 11) is -0.533. The van der Waals surface area contributed by atoms with Crippen molar-refractivity contribution in [3.05, 3.63) is 12.0 Å². The molecule has 0 aromatic rings. The van der Waals surface area contributed by atoms with Crippen LogP contribution in [-0.4, -0.2) is 16.5 Å². The van der Waals surface area contributed by atoms with Crippen LogP contribution in [0.5, 0.6) is 0 Å². The summed E-state index contributed by atoms with van der Waals surface area (Å²) < 4.78 is 15.1. The van der Waals surface area contributed by atoms with Crippen molar-refractivity contribution in [3.8, 4) is 0 Å². The molecule has 0 saturated heterocycles. The minimum absolute atomic E-state index is 0.0694. The van der Waals surface area contributed by atoms with Gasteiger partial charge >= 0.3 is 0 Å². The smallest absolute Gasteiger partial charge is 0.0698 e. The Hall–Kier alpha value is -0.310. The highest BCUT2D eigenvalue weighted by Crippen LogP contribution is 2.04. The Labute approximate surface area is 57.2 Å². The highest BCUT2D eigenvalue weighted by molar-refractivity contribution is 7.96. The molecule has 0 heterocycles. The highest BCUT2D eigenvalue weighted by Gasteiger charge is 2.06. The quantitative estimate of drug-likeness (QED) is 0.583. The molecule has 0 saturated carbocycles. The fourth-order valence-electron chi connectivity index (χ4n) is 0.478. The van der Waals surface area contributed by atoms with E-state index in [-0.39, 0.29) is 5.25 Å². The van der Waals surface area contributed by atoms with Gasteiger partial charge in [-0.25, -0.2) is 8.57 Å². The van der Waals surface area contributed by atoms with E-state index in [0.717, 1.165) is 0 Å². The van der Waals surface area contributed by atoms with Gasteiger partial charge in [0.05, 0.1) is 9.73 Å². The van der Waals surface area contributed by atoms with Gasteiger partial charge in [0.25, 0.3) is 0 Å². The summed E-state index contributed by atoms with van der Waals surface area (Å²) in [5.41, 5.74) is 0. The van der Waals surface area contributed by atoms with Gasteiger partial charge in [-0.05, 0) is 13.8 Å². The first-order valence-electron chi connectivity index (χ1n) is 2.83. The molecule has 2 nitrogen and oxygen atoms in total. The fourth-order valence-corrected chi connectivity index (χ4v) is 1.43. The molecule has 9 heavy (non-hydrogen) atoms. The zero-order valence-electron chi connectivity index (χ0n) is 6.13. The molecule has 1 unspecified atom stereocenters. The van der Waals surface area contributed by atoms with Crippen LogP contribution in [0.1, 0.15) is 13.8 Å². The van der Waals surface area contributed by atoms with Crippen molar-refractivity contribution in [2.45, 2.75) is 19.1 Å². The first kappa shape index (κ1) is 8.69. The summed E-state index contributed by atoms with van der Waals surface area (Å²) in [6, 6.07) is 0. The maximum Gasteiger partial charge on any atom is 0.0698 e. The number of rotatable bonds is 2. The number of nitrogens with zero attached hydrogens (tertiary/aromatic N) is 1. The van der Waals surface area contributed by atoms with Crippen molar-refractivity contribution in [1.82, 2.24) is 0 Å². The van der Waals surface area contributed by atoms with Crippen LogP contribution in [0.4, 0.5) is 0 Å². The third-order valence-corrected chi connectivity index (χ3v) is 3.60. The van der Waals surface area contributed by atoms with Gasteiger partial charge in [0.15, 0.2) is 0 Å². The molecule has 0 rings (SSSR count). The summed E-state index contributed by atoms with van der Waals surface area (Å²) in [5, 5.41) is 1.50. The minimum Gasteiger partial charge on any atom is -0.245 e. The lowest BCUT2D eigenvalue weighted by atomic mass is 10.6. The third kappa shape index (κ3) is 1.82. The molecule has 0 aromatic heterocycles. The monoisotopic (exact) mass is 147 g/mol. The Balaban J connectivity index is 4.74. The lowest BCUT2D eigenvalue weighted by Gasteiger charge is -2.05. The largest absolute Gasteiger partial charge is 0.245 e. The molecule has 0 N–H and O–H groups in total. The Morgan fingerprint density at radius 2 is 2.11 bits per heavy atom. The van der Waals surface area contributed by atoms with Crippen molar-refractivity contribution >= 4 is 9.73 Å². The Morgan fingerprint density at radius 1 is 1.67 bits per heavy atom. The van der Waals surface area contributed by atoms with E-state index in [9.17, 15) is 4.21 Å². The average Bonchev–Trinajstić information content (AvgIpc) is 1.86. The topological polar surface area (TPSA) is 29.4 Å². The van der Waals surface area contributed by atoms with Crippen LogP contribution in [0.3, 0.4) is 0 Å². The summed E-state index contributed by atoms with van der Waals surface area (Å²) in [4.78, 5) is 0. The summed E-state index contributed by atoms with van der Waals surface area (Å²) in [6.07, 6.45) is 0. The van der Waals surface area contributed by atoms with Gasteiger partial charge < -0.3 is 0 Å². The van der Waals surface area contributed by atoms with Crippen LogP contribution in [0, 0.1) is 0 Å². The zero-order valence-corrected chi connectivity index (χ0v) is 6.94. The van der Waals surface area contributed by atoms with Crippen molar-refractivity contribution in [2.75, 3.05) is 7.05 Å². The molecule has 0 aromatic carbocycles. The molecular formula is C6H13NOS. The van der Waals surface area contributed by atoms with E-state index in [2.05, 4.69) is 10.9 Å². The summed E-state index contributed by atoms with van der Waals surface area (Å²) in [5.74, 6) is 0. The molecule has 3 heteroatoms. The van der Waals surface area contributed by atoms with Gasteiger partial charge in [-0.2, -0.15) is 0 Å². The molecule has 0 radical (unpaired) electrons. The van der Waals surface area contributed by atoms with Gasteiger partial charge in [0, 0.05) is 17.7 Å². The lowest BCUT2D eigenvalue weighted by Crippen LogP contribution is -2.09. The second-order valence-corrected chi connectivity index (χ2v) is 4.88. The standard InChI is InChI=1S/C6H13NOS/c1-5-9(8,7-4)6(2)3/h5-6H,1H2,2-4H3. The van der Waals surface area contributed by atoms with Crippen molar-refractivity contribution in [3.63, 3.8) is 0 Å². The Morgan fingerprint density at radius 3 is 2.11 bits per heavy atom. The summed E-state index contributed by atoms with van der Waals surface area (Å²) >= 11 is 0. The van der Waals surface area contributed by atoms with Gasteiger partial charge in [-0.1, -0.05) is 6.58 Å². The van der Waals surface area contributed by atoms with E-state index >= 15 is 0 Å². The normalized spacial score (nSPS) is 16.9. The van der Waals surface area contributed by atoms with E-state index in [1.807, 2.05) is 13.8 Å². The molecule has 54 valence electrons. The third-order valence-electron chi connectivity index (χ3n) is 1.20. The molecule has 0 bridgehead atoms. The number of hydrogen-bond donors (Lipinski definition) is 0. The molecule has 1 atom stereocenters. The molecule has 0 amide bonds. The highest BCUT2D eigenvalue weighted by atomic mass is 32.2. The predicted octanol–water partition coefficient (Wildman–Crippen LogP) is 1.64. The van der Waals surface area contributed by atoms with Crippen molar-refractivity contribution < 1.29 is 4.21 Å². The first-order valence-corrected chi connectivity index (χ1v) is 4.47. The predicted molar refractivity (Wildman–Crippen MR) is 41.8 cm³/mol. The number of hydrogen-bond acceptors (Lipinski definition) is 2. The Bertz CT molecular complexity index is 199. The van der Waals surface area contributed by atoms with Gasteiger partial charge in [0.2, 0.25) is 0 Å². The molecule has 0 fully saturated rings. The lowest BCUT2D eigenvalue weighted by molar-refractivity contribution is 0.675. The maximum absolute atomic E-state index is 11.3.